The van der Waals surface area contributed by atoms with Crippen molar-refractivity contribution in [2.45, 2.75) is 39.2 Å². The van der Waals surface area contributed by atoms with Gasteiger partial charge in [-0.25, -0.2) is 0 Å². The molecule has 18 heavy (non-hydrogen) atoms. The summed E-state index contributed by atoms with van der Waals surface area (Å²) in [5.74, 6) is 0.627. The smallest absolute Gasteiger partial charge is 0.0206 e. The minimum Gasteiger partial charge on any atom is -0.311 e. The zero-order valence-corrected chi connectivity index (χ0v) is 11.8. The van der Waals surface area contributed by atoms with Crippen molar-refractivity contribution in [2.24, 2.45) is 0 Å². The standard InChI is InChI=1S/C16H26N2/c1-14(2)16-7-5-15(6-8-16)13-17-9-12-18-10-3-4-11-18/h5-8,14,17H,3-4,9-13H2,1-2H3. The van der Waals surface area contributed by atoms with Crippen molar-refractivity contribution in [3.05, 3.63) is 35.4 Å². The van der Waals surface area contributed by atoms with Crippen molar-refractivity contribution in [3.63, 3.8) is 0 Å². The number of nitrogens with one attached hydrogen (secondary N) is 1. The lowest BCUT2D eigenvalue weighted by atomic mass is 10.0. The maximum Gasteiger partial charge on any atom is 0.0206 e. The van der Waals surface area contributed by atoms with Crippen LogP contribution < -0.4 is 5.32 Å². The van der Waals surface area contributed by atoms with Gasteiger partial charge in [-0.1, -0.05) is 38.1 Å². The largest absolute Gasteiger partial charge is 0.311 e. The van der Waals surface area contributed by atoms with Gasteiger partial charge in [-0.15, -0.1) is 0 Å². The molecule has 0 amide bonds. The van der Waals surface area contributed by atoms with Crippen LogP contribution in [-0.2, 0) is 6.54 Å². The molecule has 0 bridgehead atoms. The summed E-state index contributed by atoms with van der Waals surface area (Å²) in [4.78, 5) is 2.55. The van der Waals surface area contributed by atoms with Gasteiger partial charge >= 0.3 is 0 Å². The van der Waals surface area contributed by atoms with E-state index in [1.165, 1.54) is 43.6 Å². The van der Waals surface area contributed by atoms with Crippen molar-refractivity contribution in [1.82, 2.24) is 10.2 Å². The van der Waals surface area contributed by atoms with E-state index in [9.17, 15) is 0 Å². The summed E-state index contributed by atoms with van der Waals surface area (Å²) < 4.78 is 0. The molecule has 0 atom stereocenters. The van der Waals surface area contributed by atoms with Gasteiger partial charge in [-0.2, -0.15) is 0 Å². The van der Waals surface area contributed by atoms with E-state index in [-0.39, 0.29) is 0 Å². The van der Waals surface area contributed by atoms with Crippen LogP contribution in [0.25, 0.3) is 0 Å². The molecule has 1 aliphatic rings. The van der Waals surface area contributed by atoms with E-state index in [1.54, 1.807) is 0 Å². The first-order valence-corrected chi connectivity index (χ1v) is 7.27. The minimum atomic E-state index is 0.627. The highest BCUT2D eigenvalue weighted by Gasteiger charge is 2.09. The van der Waals surface area contributed by atoms with Crippen molar-refractivity contribution < 1.29 is 0 Å². The Kier molecular flexibility index (Phi) is 5.21. The van der Waals surface area contributed by atoms with Gasteiger partial charge < -0.3 is 10.2 Å². The Hall–Kier alpha value is -0.860. The lowest BCUT2D eigenvalue weighted by Gasteiger charge is -2.14. The van der Waals surface area contributed by atoms with Crippen molar-refractivity contribution in [1.29, 1.82) is 0 Å². The second kappa shape index (κ2) is 6.91. The fourth-order valence-corrected chi connectivity index (χ4v) is 2.50. The molecule has 2 heteroatoms. The molecule has 100 valence electrons. The number of benzene rings is 1. The topological polar surface area (TPSA) is 15.3 Å². The van der Waals surface area contributed by atoms with E-state index in [0.717, 1.165) is 13.1 Å². The third-order valence-corrected chi connectivity index (χ3v) is 3.78. The highest BCUT2D eigenvalue weighted by Crippen LogP contribution is 2.14. The van der Waals surface area contributed by atoms with E-state index in [2.05, 4.69) is 48.3 Å². The summed E-state index contributed by atoms with van der Waals surface area (Å²) in [6.45, 7) is 10.4. The van der Waals surface area contributed by atoms with Gasteiger partial charge in [0.1, 0.15) is 0 Å². The fraction of sp³-hybridized carbons (Fsp3) is 0.625. The molecule has 1 aromatic rings. The molecular formula is C16H26N2. The second-order valence-corrected chi connectivity index (χ2v) is 5.62. The predicted octanol–water partition coefficient (Wildman–Crippen LogP) is 3.00. The first-order chi connectivity index (χ1) is 8.75. The molecule has 2 rings (SSSR count). The van der Waals surface area contributed by atoms with Crippen molar-refractivity contribution in [2.75, 3.05) is 26.2 Å². The summed E-state index contributed by atoms with van der Waals surface area (Å²) in [6.07, 6.45) is 2.77. The van der Waals surface area contributed by atoms with Crippen molar-refractivity contribution >= 4 is 0 Å². The zero-order chi connectivity index (χ0) is 12.8. The molecule has 1 heterocycles. The minimum absolute atomic E-state index is 0.627. The van der Waals surface area contributed by atoms with Crippen molar-refractivity contribution in [3.8, 4) is 0 Å². The maximum atomic E-state index is 3.54. The molecular weight excluding hydrogens is 220 g/mol. The molecule has 0 unspecified atom stereocenters. The SMILES string of the molecule is CC(C)c1ccc(CNCCN2CCCC2)cc1. The quantitative estimate of drug-likeness (QED) is 0.776. The lowest BCUT2D eigenvalue weighted by Crippen LogP contribution is -2.29. The molecule has 0 aromatic heterocycles. The number of likely N-dealkylation sites (tertiary alicyclic amines) is 1. The van der Waals surface area contributed by atoms with Crippen LogP contribution in [0.15, 0.2) is 24.3 Å². The highest BCUT2D eigenvalue weighted by molar-refractivity contribution is 5.24. The molecule has 0 saturated carbocycles. The highest BCUT2D eigenvalue weighted by atomic mass is 15.1. The third-order valence-electron chi connectivity index (χ3n) is 3.78. The van der Waals surface area contributed by atoms with E-state index >= 15 is 0 Å². The molecule has 1 fully saturated rings. The van der Waals surface area contributed by atoms with Crippen LogP contribution in [0.5, 0.6) is 0 Å². The van der Waals surface area contributed by atoms with Gasteiger partial charge in [-0.3, -0.25) is 0 Å². The van der Waals surface area contributed by atoms with Crippen LogP contribution in [0, 0.1) is 0 Å². The monoisotopic (exact) mass is 246 g/mol. The Labute approximate surface area is 111 Å². The normalized spacial score (nSPS) is 16.6. The maximum absolute atomic E-state index is 3.54. The van der Waals surface area contributed by atoms with E-state index < -0.39 is 0 Å². The van der Waals surface area contributed by atoms with Gasteiger partial charge in [0.15, 0.2) is 0 Å². The summed E-state index contributed by atoms with van der Waals surface area (Å²) in [7, 11) is 0. The summed E-state index contributed by atoms with van der Waals surface area (Å²) in [5, 5.41) is 3.54. The fourth-order valence-electron chi connectivity index (χ4n) is 2.50. The van der Waals surface area contributed by atoms with Crippen LogP contribution in [0.4, 0.5) is 0 Å². The molecule has 0 spiro atoms. The van der Waals surface area contributed by atoms with E-state index in [1.807, 2.05) is 0 Å². The van der Waals surface area contributed by atoms with Crippen LogP contribution in [0.2, 0.25) is 0 Å². The first-order valence-electron chi connectivity index (χ1n) is 7.27. The van der Waals surface area contributed by atoms with Gasteiger partial charge in [0.25, 0.3) is 0 Å². The molecule has 1 aliphatic heterocycles. The molecule has 1 N–H and O–H groups in total. The Morgan fingerprint density at radius 1 is 1.11 bits per heavy atom. The molecule has 2 nitrogen and oxygen atoms in total. The third kappa shape index (κ3) is 4.11. The average Bonchev–Trinajstić information content (AvgIpc) is 2.88. The van der Waals surface area contributed by atoms with Crippen LogP contribution >= 0.6 is 0 Å². The Bertz CT molecular complexity index is 337. The number of rotatable bonds is 6. The average molecular weight is 246 g/mol. The van der Waals surface area contributed by atoms with E-state index in [4.69, 9.17) is 0 Å². The van der Waals surface area contributed by atoms with E-state index in [0.29, 0.717) is 5.92 Å². The molecule has 0 radical (unpaired) electrons. The zero-order valence-electron chi connectivity index (χ0n) is 11.8. The molecule has 1 aromatic carbocycles. The number of hydrogen-bond donors (Lipinski definition) is 1. The summed E-state index contributed by atoms with van der Waals surface area (Å²) in [5.41, 5.74) is 2.82. The Morgan fingerprint density at radius 2 is 1.78 bits per heavy atom. The number of nitrogens with zero attached hydrogens (tertiary/aromatic N) is 1. The molecule has 0 aliphatic carbocycles. The first kappa shape index (κ1) is 13.6. The number of hydrogen-bond acceptors (Lipinski definition) is 2. The second-order valence-electron chi connectivity index (χ2n) is 5.62. The summed E-state index contributed by atoms with van der Waals surface area (Å²) >= 11 is 0. The molecule has 1 saturated heterocycles. The Balaban J connectivity index is 1.66. The Morgan fingerprint density at radius 3 is 2.39 bits per heavy atom. The van der Waals surface area contributed by atoms with Gasteiger partial charge in [-0.05, 0) is 43.0 Å². The lowest BCUT2D eigenvalue weighted by molar-refractivity contribution is 0.335. The van der Waals surface area contributed by atoms with Crippen LogP contribution in [-0.4, -0.2) is 31.1 Å². The summed E-state index contributed by atoms with van der Waals surface area (Å²) in [6, 6.07) is 9.00. The van der Waals surface area contributed by atoms with Gasteiger partial charge in [0.05, 0.1) is 0 Å². The van der Waals surface area contributed by atoms with Crippen LogP contribution in [0.3, 0.4) is 0 Å². The van der Waals surface area contributed by atoms with Gasteiger partial charge in [0.2, 0.25) is 0 Å². The van der Waals surface area contributed by atoms with Crippen LogP contribution in [0.1, 0.15) is 43.7 Å². The van der Waals surface area contributed by atoms with Gasteiger partial charge in [0, 0.05) is 19.6 Å². The predicted molar refractivity (Wildman–Crippen MR) is 77.9 cm³/mol.